The summed E-state index contributed by atoms with van der Waals surface area (Å²) in [6, 6.07) is 5.73. The van der Waals surface area contributed by atoms with E-state index in [1.807, 2.05) is 30.8 Å². The van der Waals surface area contributed by atoms with Crippen molar-refractivity contribution >= 4 is 17.7 Å². The third-order valence-electron chi connectivity index (χ3n) is 5.44. The summed E-state index contributed by atoms with van der Waals surface area (Å²) >= 11 is 1.55. The molecule has 1 amide bonds. The molecule has 1 saturated heterocycles. The predicted molar refractivity (Wildman–Crippen MR) is 116 cm³/mol. The normalized spacial score (nSPS) is 17.5. The van der Waals surface area contributed by atoms with E-state index in [-0.39, 0.29) is 12.0 Å². The van der Waals surface area contributed by atoms with E-state index in [1.165, 1.54) is 0 Å². The van der Waals surface area contributed by atoms with E-state index in [0.29, 0.717) is 23.1 Å². The van der Waals surface area contributed by atoms with E-state index >= 15 is 0 Å². The summed E-state index contributed by atoms with van der Waals surface area (Å²) in [6.45, 7) is 2.71. The molecular formula is C22H28N4O3S. The number of nitrogens with zero attached hydrogens (tertiary/aromatic N) is 3. The average molecular weight is 429 g/mol. The van der Waals surface area contributed by atoms with Gasteiger partial charge in [-0.2, -0.15) is 0 Å². The van der Waals surface area contributed by atoms with Gasteiger partial charge in [0.05, 0.1) is 12.7 Å². The molecule has 2 aromatic rings. The summed E-state index contributed by atoms with van der Waals surface area (Å²) in [5, 5.41) is 3.84. The second-order valence-electron chi connectivity index (χ2n) is 7.78. The lowest BCUT2D eigenvalue weighted by Crippen LogP contribution is -2.38. The molecule has 4 rings (SSSR count). The van der Waals surface area contributed by atoms with Gasteiger partial charge in [0, 0.05) is 49.7 Å². The summed E-state index contributed by atoms with van der Waals surface area (Å²) < 4.78 is 11.6. The Kier molecular flexibility index (Phi) is 6.74. The van der Waals surface area contributed by atoms with E-state index in [4.69, 9.17) is 9.47 Å². The van der Waals surface area contributed by atoms with Gasteiger partial charge in [-0.05, 0) is 44.1 Å². The number of benzene rings is 1. The van der Waals surface area contributed by atoms with Crippen LogP contribution < -0.4 is 14.8 Å². The lowest BCUT2D eigenvalue weighted by molar-refractivity contribution is 0.0889. The Hall–Kier alpha value is -2.32. The Morgan fingerprint density at radius 1 is 1.20 bits per heavy atom. The van der Waals surface area contributed by atoms with Crippen molar-refractivity contribution in [3.05, 3.63) is 41.7 Å². The maximum atomic E-state index is 12.6. The number of methoxy groups -OCH3 is 1. The second-order valence-corrected chi connectivity index (χ2v) is 8.55. The number of rotatable bonds is 8. The first kappa shape index (κ1) is 20.9. The zero-order chi connectivity index (χ0) is 20.9. The van der Waals surface area contributed by atoms with Gasteiger partial charge in [0.25, 0.3) is 5.91 Å². The van der Waals surface area contributed by atoms with Crippen LogP contribution in [-0.2, 0) is 6.54 Å². The Morgan fingerprint density at radius 2 is 1.93 bits per heavy atom. The van der Waals surface area contributed by atoms with Crippen molar-refractivity contribution in [3.63, 3.8) is 0 Å². The van der Waals surface area contributed by atoms with Crippen LogP contribution in [0.5, 0.6) is 11.5 Å². The highest BCUT2D eigenvalue weighted by Gasteiger charge is 2.27. The molecule has 2 aliphatic rings. The Morgan fingerprint density at radius 3 is 2.57 bits per heavy atom. The Labute approximate surface area is 181 Å². The van der Waals surface area contributed by atoms with Gasteiger partial charge in [-0.25, -0.2) is 9.97 Å². The molecule has 0 radical (unpaired) electrons. The highest BCUT2D eigenvalue weighted by atomic mass is 32.2. The molecule has 0 atom stereocenters. The van der Waals surface area contributed by atoms with Crippen molar-refractivity contribution in [1.29, 1.82) is 0 Å². The molecule has 1 aliphatic heterocycles. The van der Waals surface area contributed by atoms with Gasteiger partial charge >= 0.3 is 0 Å². The largest absolute Gasteiger partial charge is 0.497 e. The van der Waals surface area contributed by atoms with Crippen LogP contribution in [0.3, 0.4) is 0 Å². The molecule has 1 aliphatic carbocycles. The fourth-order valence-electron chi connectivity index (χ4n) is 3.56. The average Bonchev–Trinajstić information content (AvgIpc) is 3.59. The summed E-state index contributed by atoms with van der Waals surface area (Å²) in [6.07, 6.45) is 9.79. The van der Waals surface area contributed by atoms with Crippen molar-refractivity contribution in [2.24, 2.45) is 0 Å². The van der Waals surface area contributed by atoms with E-state index in [1.54, 1.807) is 24.9 Å². The lowest BCUT2D eigenvalue weighted by atomic mass is 10.1. The molecule has 160 valence electrons. The van der Waals surface area contributed by atoms with Gasteiger partial charge < -0.3 is 14.8 Å². The van der Waals surface area contributed by atoms with Gasteiger partial charge in [-0.1, -0.05) is 11.8 Å². The molecule has 8 heteroatoms. The fraction of sp³-hybridized carbons (Fsp3) is 0.500. The number of hydrogen-bond acceptors (Lipinski definition) is 7. The second kappa shape index (κ2) is 9.66. The third kappa shape index (κ3) is 5.43. The van der Waals surface area contributed by atoms with Crippen LogP contribution in [0.4, 0.5) is 0 Å². The Bertz CT molecular complexity index is 865. The molecule has 0 spiro atoms. The number of aromatic nitrogens is 2. The maximum absolute atomic E-state index is 12.6. The number of likely N-dealkylation sites (tertiary alicyclic amines) is 1. The molecule has 0 unspecified atom stereocenters. The van der Waals surface area contributed by atoms with Crippen LogP contribution in [0.2, 0.25) is 0 Å². The van der Waals surface area contributed by atoms with E-state index < -0.39 is 0 Å². The minimum atomic E-state index is -0.0683. The number of piperidine rings is 1. The van der Waals surface area contributed by atoms with Crippen LogP contribution in [0.1, 0.15) is 41.6 Å². The highest BCUT2D eigenvalue weighted by Crippen LogP contribution is 2.29. The predicted octanol–water partition coefficient (Wildman–Crippen LogP) is 3.14. The first-order valence-electron chi connectivity index (χ1n) is 10.4. The number of carbonyl (C=O) groups is 1. The molecule has 1 N–H and O–H groups in total. The number of hydrogen-bond donors (Lipinski definition) is 1. The van der Waals surface area contributed by atoms with Crippen molar-refractivity contribution in [2.75, 3.05) is 26.5 Å². The zero-order valence-corrected chi connectivity index (χ0v) is 18.3. The zero-order valence-electron chi connectivity index (χ0n) is 17.5. The van der Waals surface area contributed by atoms with Gasteiger partial charge in [-0.3, -0.25) is 9.69 Å². The molecule has 2 fully saturated rings. The number of amides is 1. The SMILES string of the molecule is COc1ccc(C(=O)NC2CC2)c(OC2CCN(Cc3cnc(SC)nc3)CC2)c1. The van der Waals surface area contributed by atoms with Crippen LogP contribution in [0.25, 0.3) is 0 Å². The topological polar surface area (TPSA) is 76.6 Å². The van der Waals surface area contributed by atoms with E-state index in [9.17, 15) is 4.79 Å². The quantitative estimate of drug-likeness (QED) is 0.511. The van der Waals surface area contributed by atoms with E-state index in [0.717, 1.165) is 56.0 Å². The monoisotopic (exact) mass is 428 g/mol. The molecule has 2 heterocycles. The summed E-state index contributed by atoms with van der Waals surface area (Å²) in [7, 11) is 1.62. The van der Waals surface area contributed by atoms with Crippen LogP contribution in [0.15, 0.2) is 35.7 Å². The first-order chi connectivity index (χ1) is 14.6. The van der Waals surface area contributed by atoms with Crippen LogP contribution in [0, 0.1) is 0 Å². The van der Waals surface area contributed by atoms with Crippen molar-refractivity contribution in [1.82, 2.24) is 20.2 Å². The summed E-state index contributed by atoms with van der Waals surface area (Å²) in [4.78, 5) is 23.7. The minimum absolute atomic E-state index is 0.0683. The van der Waals surface area contributed by atoms with Crippen LogP contribution >= 0.6 is 11.8 Å². The minimum Gasteiger partial charge on any atom is -0.497 e. The maximum Gasteiger partial charge on any atom is 0.255 e. The number of thioether (sulfide) groups is 1. The highest BCUT2D eigenvalue weighted by molar-refractivity contribution is 7.98. The van der Waals surface area contributed by atoms with Gasteiger partial charge in [0.2, 0.25) is 0 Å². The molecule has 0 bridgehead atoms. The molecule has 7 nitrogen and oxygen atoms in total. The molecule has 1 aromatic heterocycles. The Balaban J connectivity index is 1.35. The van der Waals surface area contributed by atoms with Crippen molar-refractivity contribution < 1.29 is 14.3 Å². The fourth-order valence-corrected chi connectivity index (χ4v) is 3.87. The van der Waals surface area contributed by atoms with Gasteiger partial charge in [-0.15, -0.1) is 0 Å². The lowest BCUT2D eigenvalue weighted by Gasteiger charge is -2.32. The van der Waals surface area contributed by atoms with Crippen molar-refractivity contribution in [2.45, 2.75) is 49.5 Å². The molecule has 1 aromatic carbocycles. The van der Waals surface area contributed by atoms with Crippen LogP contribution in [-0.4, -0.2) is 59.4 Å². The number of ether oxygens (including phenoxy) is 2. The van der Waals surface area contributed by atoms with Crippen molar-refractivity contribution in [3.8, 4) is 11.5 Å². The molecular weight excluding hydrogens is 400 g/mol. The molecule has 30 heavy (non-hydrogen) atoms. The molecule has 1 saturated carbocycles. The standard InChI is InChI=1S/C22H28N4O3S/c1-28-18-5-6-19(21(27)25-16-3-4-16)20(11-18)29-17-7-9-26(10-8-17)14-15-12-23-22(30-2)24-13-15/h5-6,11-13,16-17H,3-4,7-10,14H2,1-2H3,(H,25,27). The first-order valence-corrected chi connectivity index (χ1v) is 11.6. The smallest absolute Gasteiger partial charge is 0.255 e. The van der Waals surface area contributed by atoms with Gasteiger partial charge in [0.1, 0.15) is 17.6 Å². The van der Waals surface area contributed by atoms with Gasteiger partial charge in [0.15, 0.2) is 5.16 Å². The third-order valence-corrected chi connectivity index (χ3v) is 6.02. The summed E-state index contributed by atoms with van der Waals surface area (Å²) in [5.41, 5.74) is 1.70. The summed E-state index contributed by atoms with van der Waals surface area (Å²) in [5.74, 6) is 1.23. The van der Waals surface area contributed by atoms with E-state index in [2.05, 4.69) is 20.2 Å². The number of nitrogens with one attached hydrogen (secondary N) is 1. The number of carbonyl (C=O) groups excluding carboxylic acids is 1.